The van der Waals surface area contributed by atoms with Crippen LogP contribution in [0, 0.1) is 17.0 Å². The molecule has 2 rings (SSSR count). The number of anilines is 1. The van der Waals surface area contributed by atoms with Gasteiger partial charge in [-0.2, -0.15) is 0 Å². The summed E-state index contributed by atoms with van der Waals surface area (Å²) in [6, 6.07) is 7.95. The van der Waals surface area contributed by atoms with Gasteiger partial charge in [-0.1, -0.05) is 29.3 Å². The average Bonchev–Trinajstić information content (AvgIpc) is 2.42. The summed E-state index contributed by atoms with van der Waals surface area (Å²) < 4.78 is 26.9. The lowest BCUT2D eigenvalue weighted by molar-refractivity contribution is -0.385. The maximum Gasteiger partial charge on any atom is 0.273 e. The monoisotopic (exact) mass is 360 g/mol. The third-order valence-corrected chi connectivity index (χ3v) is 4.79. The second-order valence-corrected chi connectivity index (χ2v) is 6.96. The quantitative estimate of drug-likeness (QED) is 0.658. The molecule has 0 aliphatic heterocycles. The second-order valence-electron chi connectivity index (χ2n) is 4.44. The van der Waals surface area contributed by atoms with Gasteiger partial charge in [0.05, 0.1) is 20.5 Å². The van der Waals surface area contributed by atoms with E-state index in [9.17, 15) is 18.5 Å². The fourth-order valence-corrected chi connectivity index (χ4v) is 3.22. The van der Waals surface area contributed by atoms with Crippen LogP contribution >= 0.6 is 23.2 Å². The molecular weight excluding hydrogens is 351 g/mol. The Morgan fingerprint density at radius 3 is 2.45 bits per heavy atom. The van der Waals surface area contributed by atoms with Crippen LogP contribution in [0.3, 0.4) is 0 Å². The third-order valence-electron chi connectivity index (χ3n) is 2.86. The minimum atomic E-state index is -4.02. The highest BCUT2D eigenvalue weighted by molar-refractivity contribution is 7.92. The number of hydrogen-bond acceptors (Lipinski definition) is 4. The Hall–Kier alpha value is -1.83. The molecule has 0 fully saturated rings. The Balaban J connectivity index is 2.45. The van der Waals surface area contributed by atoms with Crippen LogP contribution in [0.5, 0.6) is 0 Å². The van der Waals surface area contributed by atoms with E-state index in [0.717, 1.165) is 6.07 Å². The molecule has 2 aromatic carbocycles. The summed E-state index contributed by atoms with van der Waals surface area (Å²) in [5.74, 6) is 0. The second kappa shape index (κ2) is 6.12. The van der Waals surface area contributed by atoms with Gasteiger partial charge in [-0.15, -0.1) is 0 Å². The number of rotatable bonds is 4. The van der Waals surface area contributed by atoms with Crippen LogP contribution < -0.4 is 4.72 Å². The Bertz CT molecular complexity index is 853. The van der Waals surface area contributed by atoms with Crippen molar-refractivity contribution in [2.45, 2.75) is 11.8 Å². The van der Waals surface area contributed by atoms with Gasteiger partial charge in [-0.3, -0.25) is 14.8 Å². The Morgan fingerprint density at radius 1 is 1.14 bits per heavy atom. The van der Waals surface area contributed by atoms with Crippen molar-refractivity contribution in [3.8, 4) is 0 Å². The highest BCUT2D eigenvalue weighted by Gasteiger charge is 2.20. The highest BCUT2D eigenvalue weighted by atomic mass is 35.5. The summed E-state index contributed by atoms with van der Waals surface area (Å²) in [5.41, 5.74) is 0.183. The Kier molecular flexibility index (Phi) is 4.60. The Labute approximate surface area is 136 Å². The minimum absolute atomic E-state index is 0.0948. The molecule has 0 heterocycles. The van der Waals surface area contributed by atoms with E-state index in [4.69, 9.17) is 23.2 Å². The first-order valence-corrected chi connectivity index (χ1v) is 8.17. The van der Waals surface area contributed by atoms with Crippen molar-refractivity contribution >= 4 is 44.6 Å². The first-order valence-electron chi connectivity index (χ1n) is 5.93. The lowest BCUT2D eigenvalue weighted by atomic mass is 10.2. The molecule has 9 heteroatoms. The number of hydrogen-bond donors (Lipinski definition) is 1. The summed E-state index contributed by atoms with van der Waals surface area (Å²) in [6.07, 6.45) is 0. The molecule has 0 unspecified atom stereocenters. The van der Waals surface area contributed by atoms with Crippen LogP contribution in [-0.4, -0.2) is 13.3 Å². The van der Waals surface area contributed by atoms with Crippen LogP contribution in [0.2, 0.25) is 10.0 Å². The summed E-state index contributed by atoms with van der Waals surface area (Å²) in [4.78, 5) is 10.0. The van der Waals surface area contributed by atoms with Gasteiger partial charge in [-0.05, 0) is 31.2 Å². The number of nitro benzene ring substituents is 1. The van der Waals surface area contributed by atoms with E-state index in [1.54, 1.807) is 0 Å². The van der Waals surface area contributed by atoms with E-state index in [1.165, 1.54) is 37.3 Å². The van der Waals surface area contributed by atoms with Crippen LogP contribution in [0.15, 0.2) is 41.3 Å². The van der Waals surface area contributed by atoms with E-state index < -0.39 is 14.9 Å². The third kappa shape index (κ3) is 3.49. The van der Waals surface area contributed by atoms with Crippen molar-refractivity contribution in [1.82, 2.24) is 0 Å². The number of nitrogens with zero attached hydrogens (tertiary/aromatic N) is 1. The normalized spacial score (nSPS) is 11.2. The van der Waals surface area contributed by atoms with Crippen molar-refractivity contribution in [3.05, 3.63) is 62.1 Å². The summed E-state index contributed by atoms with van der Waals surface area (Å²) >= 11 is 11.7. The maximum atomic E-state index is 12.3. The largest absolute Gasteiger partial charge is 0.278 e. The minimum Gasteiger partial charge on any atom is -0.278 e. The smallest absolute Gasteiger partial charge is 0.273 e. The molecule has 0 aliphatic carbocycles. The first kappa shape index (κ1) is 16.5. The molecule has 0 radical (unpaired) electrons. The molecule has 116 valence electrons. The molecule has 0 saturated carbocycles. The van der Waals surface area contributed by atoms with Gasteiger partial charge < -0.3 is 0 Å². The van der Waals surface area contributed by atoms with E-state index in [2.05, 4.69) is 4.72 Å². The van der Waals surface area contributed by atoms with Gasteiger partial charge in [0.25, 0.3) is 15.7 Å². The zero-order valence-electron chi connectivity index (χ0n) is 11.2. The number of benzene rings is 2. The van der Waals surface area contributed by atoms with E-state index in [1.807, 2.05) is 0 Å². The van der Waals surface area contributed by atoms with E-state index in [-0.39, 0.29) is 21.3 Å². The zero-order chi connectivity index (χ0) is 16.5. The van der Waals surface area contributed by atoms with Crippen LogP contribution in [0.4, 0.5) is 11.4 Å². The number of nitro groups is 1. The van der Waals surface area contributed by atoms with Crippen molar-refractivity contribution in [2.24, 2.45) is 0 Å². The lowest BCUT2D eigenvalue weighted by Gasteiger charge is -2.10. The molecule has 0 bridgehead atoms. The van der Waals surface area contributed by atoms with E-state index >= 15 is 0 Å². The van der Waals surface area contributed by atoms with Crippen molar-refractivity contribution in [1.29, 1.82) is 0 Å². The number of nitrogens with one attached hydrogen (secondary N) is 1. The predicted molar refractivity (Wildman–Crippen MR) is 85.1 cm³/mol. The molecule has 6 nitrogen and oxygen atoms in total. The Morgan fingerprint density at radius 2 is 1.82 bits per heavy atom. The zero-order valence-corrected chi connectivity index (χ0v) is 13.5. The lowest BCUT2D eigenvalue weighted by Crippen LogP contribution is -2.13. The molecule has 0 spiro atoms. The molecule has 0 aliphatic rings. The molecule has 0 saturated heterocycles. The van der Waals surface area contributed by atoms with Crippen LogP contribution in [0.1, 0.15) is 5.56 Å². The maximum absolute atomic E-state index is 12.3. The van der Waals surface area contributed by atoms with Gasteiger partial charge in [0.1, 0.15) is 0 Å². The number of sulfonamides is 1. The summed E-state index contributed by atoms with van der Waals surface area (Å²) in [6.45, 7) is 1.52. The van der Waals surface area contributed by atoms with Gasteiger partial charge >= 0.3 is 0 Å². The van der Waals surface area contributed by atoms with Gasteiger partial charge in [0.2, 0.25) is 0 Å². The van der Waals surface area contributed by atoms with Gasteiger partial charge in [0, 0.05) is 16.7 Å². The average molecular weight is 361 g/mol. The fourth-order valence-electron chi connectivity index (χ4n) is 1.73. The van der Waals surface area contributed by atoms with E-state index in [0.29, 0.717) is 10.6 Å². The molecule has 0 atom stereocenters. The highest BCUT2D eigenvalue weighted by Crippen LogP contribution is 2.29. The molecule has 0 amide bonds. The predicted octanol–water partition coefficient (Wildman–Crippen LogP) is 4.01. The topological polar surface area (TPSA) is 89.3 Å². The summed E-state index contributed by atoms with van der Waals surface area (Å²) in [5, 5.41) is 11.4. The van der Waals surface area contributed by atoms with Crippen molar-refractivity contribution in [3.63, 3.8) is 0 Å². The van der Waals surface area contributed by atoms with Crippen LogP contribution in [-0.2, 0) is 10.0 Å². The van der Waals surface area contributed by atoms with Crippen LogP contribution in [0.25, 0.3) is 0 Å². The van der Waals surface area contributed by atoms with Gasteiger partial charge in [0.15, 0.2) is 0 Å². The van der Waals surface area contributed by atoms with Crippen molar-refractivity contribution in [2.75, 3.05) is 4.72 Å². The van der Waals surface area contributed by atoms with Crippen molar-refractivity contribution < 1.29 is 13.3 Å². The first-order chi connectivity index (χ1) is 10.2. The standard InChI is InChI=1S/C13H10Cl2N2O4S/c1-8-2-4-10(7-13(8)17(18)19)22(20,21)16-12-6-9(14)3-5-11(12)15/h2-7,16H,1H3. The number of halogens is 2. The SMILES string of the molecule is Cc1ccc(S(=O)(=O)Nc2cc(Cl)ccc2Cl)cc1[N+](=O)[O-]. The molecule has 2 aromatic rings. The number of aryl methyl sites for hydroxylation is 1. The fraction of sp³-hybridized carbons (Fsp3) is 0.0769. The molecule has 0 aromatic heterocycles. The molecular formula is C13H10Cl2N2O4S. The van der Waals surface area contributed by atoms with Gasteiger partial charge in [-0.25, -0.2) is 8.42 Å². The molecule has 1 N–H and O–H groups in total. The molecule has 22 heavy (non-hydrogen) atoms. The summed E-state index contributed by atoms with van der Waals surface area (Å²) in [7, 11) is -4.02.